The number of rotatable bonds is 10. The second-order valence-electron chi connectivity index (χ2n) is 6.31. The molecular formula is C20H25KO5S. The number of unbranched alkanes of at least 4 members (excludes halogenated alkanes) is 5. The van der Waals surface area contributed by atoms with Gasteiger partial charge in [0.1, 0.15) is 10.6 Å². The Morgan fingerprint density at radius 3 is 2.22 bits per heavy atom. The van der Waals surface area contributed by atoms with Crippen LogP contribution in [0.1, 0.15) is 51.0 Å². The minimum Gasteiger partial charge on any atom is -0.872 e. The average molecular weight is 417 g/mol. The number of hydrogen-bond donors (Lipinski definition) is 1. The van der Waals surface area contributed by atoms with Crippen LogP contribution in [0.4, 0.5) is 0 Å². The number of para-hydroxylation sites is 1. The Hall–Kier alpha value is -0.414. The molecule has 0 amide bonds. The molecule has 27 heavy (non-hydrogen) atoms. The van der Waals surface area contributed by atoms with Crippen molar-refractivity contribution in [3.63, 3.8) is 0 Å². The van der Waals surface area contributed by atoms with Crippen LogP contribution in [-0.4, -0.2) is 13.0 Å². The summed E-state index contributed by atoms with van der Waals surface area (Å²) in [6.45, 7) is 2.17. The maximum atomic E-state index is 11.7. The molecule has 0 spiro atoms. The molecule has 0 bridgehead atoms. The molecule has 0 saturated heterocycles. The molecule has 1 N–H and O–H groups in total. The molecule has 0 atom stereocenters. The largest absolute Gasteiger partial charge is 1.00 e. The van der Waals surface area contributed by atoms with Gasteiger partial charge in [0, 0.05) is 0 Å². The molecule has 7 heteroatoms. The molecule has 0 fully saturated rings. The van der Waals surface area contributed by atoms with Crippen molar-refractivity contribution in [1.29, 1.82) is 0 Å². The molecule has 142 valence electrons. The Bertz CT molecular complexity index is 804. The van der Waals surface area contributed by atoms with Gasteiger partial charge in [-0.05, 0) is 36.6 Å². The monoisotopic (exact) mass is 416 g/mol. The van der Waals surface area contributed by atoms with Gasteiger partial charge in [-0.15, -0.1) is 5.75 Å². The average Bonchev–Trinajstić information content (AvgIpc) is 2.60. The van der Waals surface area contributed by atoms with Gasteiger partial charge in [-0.25, -0.2) is 0 Å². The molecule has 0 aliphatic heterocycles. The van der Waals surface area contributed by atoms with Crippen molar-refractivity contribution in [1.82, 2.24) is 0 Å². The fourth-order valence-electron chi connectivity index (χ4n) is 2.80. The summed E-state index contributed by atoms with van der Waals surface area (Å²) in [6.07, 6.45) is 7.39. The van der Waals surface area contributed by atoms with Gasteiger partial charge < -0.3 is 9.84 Å². The molecule has 0 saturated carbocycles. The quantitative estimate of drug-likeness (QED) is 0.362. The van der Waals surface area contributed by atoms with E-state index in [1.54, 1.807) is 12.1 Å². The number of benzene rings is 2. The summed E-state index contributed by atoms with van der Waals surface area (Å²) in [7, 11) is -4.41. The topological polar surface area (TPSA) is 86.7 Å². The summed E-state index contributed by atoms with van der Waals surface area (Å²) < 4.78 is 38.7. The van der Waals surface area contributed by atoms with Gasteiger partial charge in [0.05, 0.1) is 0 Å². The van der Waals surface area contributed by atoms with E-state index < -0.39 is 10.1 Å². The SMILES string of the molecule is CCCCCCCCc1cccc(S(=O)(=O)O)c1Oc1ccc([O-])cc1.[K+]. The van der Waals surface area contributed by atoms with Crippen molar-refractivity contribution in [3.8, 4) is 17.2 Å². The summed E-state index contributed by atoms with van der Waals surface area (Å²) in [5.74, 6) is 0.319. The molecule has 5 nitrogen and oxygen atoms in total. The van der Waals surface area contributed by atoms with Crippen molar-refractivity contribution < 1.29 is 74.2 Å². The van der Waals surface area contributed by atoms with Crippen LogP contribution in [0.5, 0.6) is 17.2 Å². The van der Waals surface area contributed by atoms with E-state index in [0.29, 0.717) is 12.2 Å². The van der Waals surface area contributed by atoms with E-state index in [9.17, 15) is 18.1 Å². The molecule has 0 radical (unpaired) electrons. The Balaban J connectivity index is 0.00000364. The summed E-state index contributed by atoms with van der Waals surface area (Å²) >= 11 is 0. The molecule has 0 heterocycles. The van der Waals surface area contributed by atoms with E-state index in [2.05, 4.69) is 6.92 Å². The van der Waals surface area contributed by atoms with Crippen LogP contribution in [0.15, 0.2) is 47.4 Å². The summed E-state index contributed by atoms with van der Waals surface area (Å²) in [4.78, 5) is -0.257. The first kappa shape index (κ1) is 24.6. The predicted molar refractivity (Wildman–Crippen MR) is 99.3 cm³/mol. The van der Waals surface area contributed by atoms with Crippen LogP contribution in [-0.2, 0) is 16.5 Å². The number of hydrogen-bond acceptors (Lipinski definition) is 4. The molecule has 2 aromatic carbocycles. The van der Waals surface area contributed by atoms with E-state index >= 15 is 0 Å². The van der Waals surface area contributed by atoms with Crippen LogP contribution in [0.25, 0.3) is 0 Å². The van der Waals surface area contributed by atoms with E-state index in [4.69, 9.17) is 4.74 Å². The van der Waals surface area contributed by atoms with Crippen LogP contribution in [0.2, 0.25) is 0 Å². The maximum Gasteiger partial charge on any atom is 1.00 e. The summed E-state index contributed by atoms with van der Waals surface area (Å²) in [5.41, 5.74) is 0.724. The zero-order valence-electron chi connectivity index (χ0n) is 16.0. The molecular weight excluding hydrogens is 391 g/mol. The molecule has 0 unspecified atom stereocenters. The second-order valence-corrected chi connectivity index (χ2v) is 7.70. The van der Waals surface area contributed by atoms with Crippen molar-refractivity contribution >= 4 is 10.1 Å². The van der Waals surface area contributed by atoms with E-state index in [-0.39, 0.29) is 67.8 Å². The van der Waals surface area contributed by atoms with Crippen LogP contribution < -0.4 is 61.2 Å². The number of aryl methyl sites for hydroxylation is 1. The molecule has 0 aliphatic rings. The van der Waals surface area contributed by atoms with Crippen LogP contribution in [0, 0.1) is 0 Å². The first-order valence-electron chi connectivity index (χ1n) is 8.96. The molecule has 2 aromatic rings. The smallest absolute Gasteiger partial charge is 0.872 e. The van der Waals surface area contributed by atoms with Gasteiger partial charge in [-0.2, -0.15) is 8.42 Å². The standard InChI is InChI=1S/C20H26O5S.K/c1-2-3-4-5-6-7-9-16-10-8-11-19(26(22,23)24)20(16)25-18-14-12-17(21)13-15-18;/h8,10-15,21H,2-7,9H2,1H3,(H,22,23,24);/q;+1/p-1. The minimum absolute atomic E-state index is 0. The van der Waals surface area contributed by atoms with Gasteiger partial charge in [-0.3, -0.25) is 4.55 Å². The van der Waals surface area contributed by atoms with Crippen LogP contribution >= 0.6 is 0 Å². The predicted octanol–water partition coefficient (Wildman–Crippen LogP) is 1.71. The van der Waals surface area contributed by atoms with E-state index in [0.717, 1.165) is 24.8 Å². The van der Waals surface area contributed by atoms with Gasteiger partial charge in [0.15, 0.2) is 5.75 Å². The zero-order chi connectivity index (χ0) is 19.0. The molecule has 0 aromatic heterocycles. The Morgan fingerprint density at radius 2 is 1.59 bits per heavy atom. The fraction of sp³-hybridized carbons (Fsp3) is 0.400. The zero-order valence-corrected chi connectivity index (χ0v) is 19.9. The Labute approximate surface area is 204 Å². The second kappa shape index (κ2) is 12.2. The third-order valence-electron chi connectivity index (χ3n) is 4.18. The van der Waals surface area contributed by atoms with Gasteiger partial charge in [0.2, 0.25) is 0 Å². The third-order valence-corrected chi connectivity index (χ3v) is 5.06. The van der Waals surface area contributed by atoms with E-state index in [1.807, 2.05) is 0 Å². The van der Waals surface area contributed by atoms with Crippen LogP contribution in [0.3, 0.4) is 0 Å². The minimum atomic E-state index is -4.41. The molecule has 2 rings (SSSR count). The van der Waals surface area contributed by atoms with Crippen molar-refractivity contribution in [2.24, 2.45) is 0 Å². The summed E-state index contributed by atoms with van der Waals surface area (Å²) in [5, 5.41) is 11.2. The number of ether oxygens (including phenoxy) is 1. The van der Waals surface area contributed by atoms with Gasteiger partial charge >= 0.3 is 51.4 Å². The van der Waals surface area contributed by atoms with E-state index in [1.165, 1.54) is 49.6 Å². The van der Waals surface area contributed by atoms with Gasteiger partial charge in [-0.1, -0.05) is 63.3 Å². The third kappa shape index (κ3) is 8.23. The first-order valence-corrected chi connectivity index (χ1v) is 10.4. The van der Waals surface area contributed by atoms with Crippen molar-refractivity contribution in [3.05, 3.63) is 48.0 Å². The van der Waals surface area contributed by atoms with Crippen molar-refractivity contribution in [2.45, 2.75) is 56.8 Å². The van der Waals surface area contributed by atoms with Crippen molar-refractivity contribution in [2.75, 3.05) is 0 Å². The summed E-state index contributed by atoms with van der Waals surface area (Å²) in [6, 6.07) is 10.4. The maximum absolute atomic E-state index is 11.7. The fourth-order valence-corrected chi connectivity index (χ4v) is 3.46. The first-order chi connectivity index (χ1) is 12.4. The normalized spacial score (nSPS) is 11.0. The Kier molecular flexibility index (Phi) is 11.1. The molecule has 0 aliphatic carbocycles. The Morgan fingerprint density at radius 1 is 0.963 bits per heavy atom. The van der Waals surface area contributed by atoms with Gasteiger partial charge in [0.25, 0.3) is 10.1 Å².